The van der Waals surface area contributed by atoms with E-state index in [1.54, 1.807) is 4.90 Å². The number of aliphatic hydroxyl groups is 2. The number of nitrogens with zero attached hydrogens (tertiary/aromatic N) is 2. The molecule has 0 radical (unpaired) electrons. The minimum atomic E-state index is -0.0541. The van der Waals surface area contributed by atoms with Gasteiger partial charge in [-0.25, -0.2) is 0 Å². The van der Waals surface area contributed by atoms with Crippen molar-refractivity contribution in [3.63, 3.8) is 0 Å². The van der Waals surface area contributed by atoms with Crippen molar-refractivity contribution in [3.8, 4) is 11.1 Å². The van der Waals surface area contributed by atoms with Crippen LogP contribution in [-0.4, -0.2) is 61.4 Å². The second kappa shape index (κ2) is 7.89. The van der Waals surface area contributed by atoms with Gasteiger partial charge in [0.05, 0.1) is 0 Å². The third-order valence-electron chi connectivity index (χ3n) is 5.14. The molecule has 0 saturated carbocycles. The smallest absolute Gasteiger partial charge is 0.253 e. The summed E-state index contributed by atoms with van der Waals surface area (Å²) >= 11 is 0. The minimum Gasteiger partial charge on any atom is -0.396 e. The molecular formula is C21H26N2O3. The Labute approximate surface area is 154 Å². The van der Waals surface area contributed by atoms with Crippen LogP contribution in [-0.2, 0) is 0 Å². The van der Waals surface area contributed by atoms with Crippen molar-refractivity contribution < 1.29 is 15.0 Å². The molecule has 0 unspecified atom stereocenters. The number of carbonyl (C=O) groups is 1. The number of benzene rings is 2. The van der Waals surface area contributed by atoms with Crippen LogP contribution in [0, 0.1) is 11.8 Å². The van der Waals surface area contributed by atoms with E-state index >= 15 is 0 Å². The summed E-state index contributed by atoms with van der Waals surface area (Å²) in [6.45, 7) is 0.953. The Morgan fingerprint density at radius 1 is 1.04 bits per heavy atom. The molecule has 2 aromatic rings. The van der Waals surface area contributed by atoms with Gasteiger partial charge in [0.15, 0.2) is 0 Å². The molecule has 0 aliphatic carbocycles. The van der Waals surface area contributed by atoms with Crippen molar-refractivity contribution >= 4 is 11.6 Å². The zero-order valence-corrected chi connectivity index (χ0v) is 15.3. The van der Waals surface area contributed by atoms with E-state index in [1.807, 2.05) is 50.5 Å². The van der Waals surface area contributed by atoms with Crippen LogP contribution in [0.5, 0.6) is 0 Å². The van der Waals surface area contributed by atoms with Crippen molar-refractivity contribution in [2.75, 3.05) is 45.3 Å². The minimum absolute atomic E-state index is 0.00867. The van der Waals surface area contributed by atoms with Crippen LogP contribution in [0.15, 0.2) is 48.5 Å². The molecule has 1 heterocycles. The van der Waals surface area contributed by atoms with E-state index in [-0.39, 0.29) is 31.0 Å². The topological polar surface area (TPSA) is 64.0 Å². The molecule has 3 rings (SSSR count). The van der Waals surface area contributed by atoms with Gasteiger partial charge in [-0.1, -0.05) is 30.3 Å². The van der Waals surface area contributed by atoms with E-state index in [9.17, 15) is 15.0 Å². The molecule has 1 amide bonds. The maximum Gasteiger partial charge on any atom is 0.253 e. The zero-order valence-electron chi connectivity index (χ0n) is 15.3. The van der Waals surface area contributed by atoms with Crippen molar-refractivity contribution in [2.24, 2.45) is 11.8 Å². The fourth-order valence-electron chi connectivity index (χ4n) is 3.63. The fraction of sp³-hybridized carbons (Fsp3) is 0.381. The average molecular weight is 354 g/mol. The average Bonchev–Trinajstić information content (AvgIpc) is 3.11. The van der Waals surface area contributed by atoms with Crippen LogP contribution in [0.2, 0.25) is 0 Å². The molecule has 2 atom stereocenters. The molecule has 1 saturated heterocycles. The van der Waals surface area contributed by atoms with Crippen LogP contribution >= 0.6 is 0 Å². The van der Waals surface area contributed by atoms with E-state index in [4.69, 9.17) is 0 Å². The highest BCUT2D eigenvalue weighted by Gasteiger charge is 2.34. The van der Waals surface area contributed by atoms with Gasteiger partial charge < -0.3 is 20.0 Å². The number of likely N-dealkylation sites (tertiary alicyclic amines) is 1. The van der Waals surface area contributed by atoms with Crippen molar-refractivity contribution in [3.05, 3.63) is 54.1 Å². The molecule has 1 aliphatic rings. The number of para-hydroxylation sites is 1. The lowest BCUT2D eigenvalue weighted by molar-refractivity contribution is 0.0778. The standard InChI is InChI=1S/C21H26N2O3/c1-22(2)20-9-4-3-8-19(20)15-6-5-7-16(10-15)21(26)23-11-17(13-24)18(12-23)14-25/h3-10,17-18,24-25H,11-14H2,1-2H3/t17-,18-/m0/s1. The molecule has 0 aromatic heterocycles. The molecule has 0 bridgehead atoms. The van der Waals surface area contributed by atoms with Crippen molar-refractivity contribution in [2.45, 2.75) is 0 Å². The third kappa shape index (κ3) is 3.59. The van der Waals surface area contributed by atoms with Gasteiger partial charge in [-0.2, -0.15) is 0 Å². The fourth-order valence-corrected chi connectivity index (χ4v) is 3.63. The second-order valence-corrected chi connectivity index (χ2v) is 7.09. The molecular weight excluding hydrogens is 328 g/mol. The first-order valence-electron chi connectivity index (χ1n) is 8.93. The molecule has 138 valence electrons. The first-order valence-corrected chi connectivity index (χ1v) is 8.93. The van der Waals surface area contributed by atoms with E-state index in [0.29, 0.717) is 18.7 Å². The predicted molar refractivity (Wildman–Crippen MR) is 103 cm³/mol. The molecule has 2 aromatic carbocycles. The number of rotatable bonds is 5. The highest BCUT2D eigenvalue weighted by molar-refractivity contribution is 5.96. The first-order chi connectivity index (χ1) is 12.5. The van der Waals surface area contributed by atoms with Crippen LogP contribution in [0.1, 0.15) is 10.4 Å². The van der Waals surface area contributed by atoms with Gasteiger partial charge in [0.1, 0.15) is 0 Å². The third-order valence-corrected chi connectivity index (χ3v) is 5.14. The van der Waals surface area contributed by atoms with E-state index < -0.39 is 0 Å². The predicted octanol–water partition coefficient (Wildman–Crippen LogP) is 2.09. The Bertz CT molecular complexity index is 763. The summed E-state index contributed by atoms with van der Waals surface area (Å²) in [5, 5.41) is 18.9. The number of aliphatic hydroxyl groups excluding tert-OH is 2. The molecule has 1 fully saturated rings. The Balaban J connectivity index is 1.88. The lowest BCUT2D eigenvalue weighted by Crippen LogP contribution is -2.29. The monoisotopic (exact) mass is 354 g/mol. The van der Waals surface area contributed by atoms with Gasteiger partial charge in [-0.15, -0.1) is 0 Å². The first kappa shape index (κ1) is 18.4. The molecule has 1 aliphatic heterocycles. The maximum absolute atomic E-state index is 12.9. The van der Waals surface area contributed by atoms with E-state index in [1.165, 1.54) is 0 Å². The summed E-state index contributed by atoms with van der Waals surface area (Å²) in [6.07, 6.45) is 0. The quantitative estimate of drug-likeness (QED) is 0.863. The van der Waals surface area contributed by atoms with E-state index in [0.717, 1.165) is 16.8 Å². The van der Waals surface area contributed by atoms with Gasteiger partial charge in [-0.3, -0.25) is 4.79 Å². The summed E-state index contributed by atoms with van der Waals surface area (Å²) in [6, 6.07) is 15.8. The molecule has 0 spiro atoms. The van der Waals surface area contributed by atoms with Gasteiger partial charge in [0.2, 0.25) is 0 Å². The summed E-state index contributed by atoms with van der Waals surface area (Å²) in [5.74, 6) is -0.160. The van der Waals surface area contributed by atoms with Gasteiger partial charge in [0.25, 0.3) is 5.91 Å². The van der Waals surface area contributed by atoms with Crippen LogP contribution in [0.25, 0.3) is 11.1 Å². The number of anilines is 1. The SMILES string of the molecule is CN(C)c1ccccc1-c1cccc(C(=O)N2C[C@@H](CO)[C@H](CO)C2)c1. The Kier molecular flexibility index (Phi) is 5.59. The number of carbonyl (C=O) groups excluding carboxylic acids is 1. The Hall–Kier alpha value is -2.37. The van der Waals surface area contributed by atoms with E-state index in [2.05, 4.69) is 17.0 Å². The number of hydrogen-bond donors (Lipinski definition) is 2. The lowest BCUT2D eigenvalue weighted by Gasteiger charge is -2.19. The summed E-state index contributed by atoms with van der Waals surface area (Å²) < 4.78 is 0. The molecule has 26 heavy (non-hydrogen) atoms. The van der Waals surface area contributed by atoms with Gasteiger partial charge in [0, 0.05) is 69.0 Å². The maximum atomic E-state index is 12.9. The Morgan fingerprint density at radius 3 is 2.31 bits per heavy atom. The van der Waals surface area contributed by atoms with Crippen LogP contribution in [0.4, 0.5) is 5.69 Å². The normalized spacial score (nSPS) is 19.6. The molecule has 5 heteroatoms. The number of amides is 1. The van der Waals surface area contributed by atoms with Crippen molar-refractivity contribution in [1.82, 2.24) is 4.90 Å². The largest absolute Gasteiger partial charge is 0.396 e. The second-order valence-electron chi connectivity index (χ2n) is 7.09. The highest BCUT2D eigenvalue weighted by Crippen LogP contribution is 2.31. The van der Waals surface area contributed by atoms with Crippen LogP contribution < -0.4 is 4.90 Å². The summed E-state index contributed by atoms with van der Waals surface area (Å²) in [7, 11) is 4.00. The zero-order chi connectivity index (χ0) is 18.7. The molecule has 5 nitrogen and oxygen atoms in total. The summed E-state index contributed by atoms with van der Waals surface area (Å²) in [4.78, 5) is 16.7. The highest BCUT2D eigenvalue weighted by atomic mass is 16.3. The Morgan fingerprint density at radius 2 is 1.69 bits per heavy atom. The number of hydrogen-bond acceptors (Lipinski definition) is 4. The lowest BCUT2D eigenvalue weighted by atomic mass is 9.98. The van der Waals surface area contributed by atoms with Crippen molar-refractivity contribution in [1.29, 1.82) is 0 Å². The van der Waals surface area contributed by atoms with Gasteiger partial charge >= 0.3 is 0 Å². The summed E-state index contributed by atoms with van der Waals surface area (Å²) in [5.41, 5.74) is 3.80. The molecule has 2 N–H and O–H groups in total. The van der Waals surface area contributed by atoms with Crippen LogP contribution in [0.3, 0.4) is 0 Å². The van der Waals surface area contributed by atoms with Gasteiger partial charge in [-0.05, 0) is 23.8 Å².